The predicted octanol–water partition coefficient (Wildman–Crippen LogP) is 3.14. The number of ether oxygens (including phenoxy) is 1. The highest BCUT2D eigenvalue weighted by Crippen LogP contribution is 2.41. The Morgan fingerprint density at radius 1 is 1.00 bits per heavy atom. The molecule has 1 heterocycles. The molecule has 5 nitrogen and oxygen atoms in total. The lowest BCUT2D eigenvalue weighted by Gasteiger charge is -2.23. The number of imide groups is 1. The first-order valence-electron chi connectivity index (χ1n) is 9.05. The van der Waals surface area contributed by atoms with E-state index in [0.29, 0.717) is 31.4 Å². The summed E-state index contributed by atoms with van der Waals surface area (Å²) in [4.78, 5) is 37.6. The van der Waals surface area contributed by atoms with Crippen LogP contribution < -0.4 is 4.74 Å². The molecule has 1 atom stereocenters. The molecule has 1 aliphatic carbocycles. The van der Waals surface area contributed by atoms with Crippen LogP contribution in [0.15, 0.2) is 60.7 Å². The summed E-state index contributed by atoms with van der Waals surface area (Å²) in [5.41, 5.74) is 2.88. The van der Waals surface area contributed by atoms with Gasteiger partial charge in [-0.15, -0.1) is 0 Å². The van der Waals surface area contributed by atoms with Crippen LogP contribution in [0.5, 0.6) is 5.75 Å². The minimum Gasteiger partial charge on any atom is -0.426 e. The number of hydrogen-bond acceptors (Lipinski definition) is 4. The van der Waals surface area contributed by atoms with E-state index in [2.05, 4.69) is 0 Å². The average Bonchev–Trinajstić information content (AvgIpc) is 3.24. The molecule has 27 heavy (non-hydrogen) atoms. The quantitative estimate of drug-likeness (QED) is 0.466. The molecule has 2 aliphatic rings. The van der Waals surface area contributed by atoms with E-state index in [-0.39, 0.29) is 23.8 Å². The van der Waals surface area contributed by atoms with Crippen molar-refractivity contribution in [3.05, 3.63) is 77.4 Å². The van der Waals surface area contributed by atoms with Gasteiger partial charge in [0.25, 0.3) is 11.8 Å². The Bertz CT molecular complexity index is 915. The lowest BCUT2D eigenvalue weighted by atomic mass is 10.1. The maximum Gasteiger partial charge on any atom is 0.311 e. The molecule has 5 heteroatoms. The first-order valence-corrected chi connectivity index (χ1v) is 9.05. The van der Waals surface area contributed by atoms with E-state index in [1.54, 1.807) is 12.1 Å². The Hall–Kier alpha value is -3.21. The van der Waals surface area contributed by atoms with Crippen molar-refractivity contribution in [2.45, 2.75) is 31.7 Å². The van der Waals surface area contributed by atoms with Crippen LogP contribution in [0, 0.1) is 0 Å². The fourth-order valence-corrected chi connectivity index (χ4v) is 3.75. The second kappa shape index (κ2) is 7.19. The van der Waals surface area contributed by atoms with Gasteiger partial charge in [0, 0.05) is 24.1 Å². The summed E-state index contributed by atoms with van der Waals surface area (Å²) in [6, 6.07) is 15.0. The van der Waals surface area contributed by atoms with E-state index in [1.165, 1.54) is 17.1 Å². The molecular weight excluding hydrogens is 342 g/mol. The molecule has 0 fully saturated rings. The fraction of sp³-hybridized carbons (Fsp3) is 0.227. The maximum atomic E-state index is 12.3. The molecule has 2 aromatic rings. The molecule has 0 saturated heterocycles. The van der Waals surface area contributed by atoms with Gasteiger partial charge in [0.15, 0.2) is 0 Å². The number of nitrogens with zero attached hydrogens (tertiary/aromatic N) is 1. The van der Waals surface area contributed by atoms with Crippen molar-refractivity contribution in [2.24, 2.45) is 0 Å². The van der Waals surface area contributed by atoms with E-state index < -0.39 is 0 Å². The molecule has 2 aromatic carbocycles. The standard InChI is InChI=1S/C22H19NO4/c24-20-12-13-21(25)23(20)18-11-10-17-16(18)7-4-8-19(17)27-22(26)14-9-15-5-2-1-3-6-15/h1-8,12-13,18H,9-11,14H2/t18-/m0/s1. The highest BCUT2D eigenvalue weighted by atomic mass is 16.5. The van der Waals surface area contributed by atoms with Crippen LogP contribution in [-0.4, -0.2) is 22.7 Å². The minimum atomic E-state index is -0.294. The van der Waals surface area contributed by atoms with Crippen LogP contribution in [0.1, 0.15) is 35.6 Å². The monoisotopic (exact) mass is 361 g/mol. The van der Waals surface area contributed by atoms with Crippen LogP contribution in [0.2, 0.25) is 0 Å². The van der Waals surface area contributed by atoms with Gasteiger partial charge < -0.3 is 4.74 Å². The van der Waals surface area contributed by atoms with Gasteiger partial charge in [0.05, 0.1) is 6.04 Å². The number of hydrogen-bond donors (Lipinski definition) is 0. The van der Waals surface area contributed by atoms with Gasteiger partial charge in [0.2, 0.25) is 0 Å². The van der Waals surface area contributed by atoms with Crippen molar-refractivity contribution in [2.75, 3.05) is 0 Å². The highest BCUT2D eigenvalue weighted by molar-refractivity contribution is 6.13. The molecule has 0 aromatic heterocycles. The van der Waals surface area contributed by atoms with Gasteiger partial charge in [-0.3, -0.25) is 19.3 Å². The van der Waals surface area contributed by atoms with Crippen molar-refractivity contribution in [1.29, 1.82) is 0 Å². The Labute approximate surface area is 157 Å². The molecule has 0 unspecified atom stereocenters. The second-order valence-electron chi connectivity index (χ2n) is 6.72. The number of fused-ring (bicyclic) bond motifs is 1. The summed E-state index contributed by atoms with van der Waals surface area (Å²) < 4.78 is 5.60. The van der Waals surface area contributed by atoms with Gasteiger partial charge in [0.1, 0.15) is 5.75 Å². The van der Waals surface area contributed by atoms with Crippen LogP contribution in [0.3, 0.4) is 0 Å². The average molecular weight is 361 g/mol. The summed E-state index contributed by atoms with van der Waals surface area (Å²) in [6.07, 6.45) is 4.83. The van der Waals surface area contributed by atoms with Gasteiger partial charge in [-0.1, -0.05) is 42.5 Å². The van der Waals surface area contributed by atoms with Crippen molar-refractivity contribution >= 4 is 17.8 Å². The predicted molar refractivity (Wildman–Crippen MR) is 98.9 cm³/mol. The van der Waals surface area contributed by atoms with Crippen LogP contribution in [0.25, 0.3) is 0 Å². The molecule has 0 radical (unpaired) electrons. The van der Waals surface area contributed by atoms with E-state index in [4.69, 9.17) is 4.74 Å². The number of amides is 2. The zero-order chi connectivity index (χ0) is 18.8. The zero-order valence-electron chi connectivity index (χ0n) is 14.8. The summed E-state index contributed by atoms with van der Waals surface area (Å²) in [7, 11) is 0. The summed E-state index contributed by atoms with van der Waals surface area (Å²) in [6.45, 7) is 0. The zero-order valence-corrected chi connectivity index (χ0v) is 14.8. The lowest BCUT2D eigenvalue weighted by molar-refractivity contribution is -0.139. The normalized spacial score (nSPS) is 18.1. The molecule has 0 N–H and O–H groups in total. The summed E-state index contributed by atoms with van der Waals surface area (Å²) in [5.74, 6) is -0.336. The van der Waals surface area contributed by atoms with Crippen LogP contribution >= 0.6 is 0 Å². The molecule has 136 valence electrons. The smallest absolute Gasteiger partial charge is 0.311 e. The first-order chi connectivity index (χ1) is 13.1. The Kier molecular flexibility index (Phi) is 4.59. The van der Waals surface area contributed by atoms with E-state index >= 15 is 0 Å². The number of rotatable bonds is 5. The topological polar surface area (TPSA) is 63.7 Å². The number of carbonyl (C=O) groups excluding carboxylic acids is 3. The van der Waals surface area contributed by atoms with Gasteiger partial charge in [-0.05, 0) is 36.5 Å². The SMILES string of the molecule is O=C(CCc1ccccc1)Oc1cccc2c1CC[C@@H]2N1C(=O)C=CC1=O. The number of esters is 1. The Balaban J connectivity index is 1.47. The largest absolute Gasteiger partial charge is 0.426 e. The van der Waals surface area contributed by atoms with E-state index in [0.717, 1.165) is 16.7 Å². The number of benzene rings is 2. The fourth-order valence-electron chi connectivity index (χ4n) is 3.75. The van der Waals surface area contributed by atoms with Crippen molar-refractivity contribution in [1.82, 2.24) is 4.90 Å². The second-order valence-corrected chi connectivity index (χ2v) is 6.72. The van der Waals surface area contributed by atoms with Crippen LogP contribution in [-0.2, 0) is 27.2 Å². The Morgan fingerprint density at radius 3 is 2.48 bits per heavy atom. The third kappa shape index (κ3) is 3.40. The van der Waals surface area contributed by atoms with Gasteiger partial charge in [-0.2, -0.15) is 0 Å². The van der Waals surface area contributed by atoms with Crippen LogP contribution in [0.4, 0.5) is 0 Å². The van der Waals surface area contributed by atoms with E-state index in [1.807, 2.05) is 36.4 Å². The Morgan fingerprint density at radius 2 is 1.74 bits per heavy atom. The molecule has 2 amide bonds. The van der Waals surface area contributed by atoms with Gasteiger partial charge in [-0.25, -0.2) is 0 Å². The summed E-state index contributed by atoms with van der Waals surface area (Å²) in [5, 5.41) is 0. The molecule has 1 aliphatic heterocycles. The molecule has 0 bridgehead atoms. The third-order valence-corrected chi connectivity index (χ3v) is 5.04. The number of aryl methyl sites for hydroxylation is 1. The molecular formula is C22H19NO4. The highest BCUT2D eigenvalue weighted by Gasteiger charge is 2.37. The lowest BCUT2D eigenvalue weighted by Crippen LogP contribution is -2.33. The minimum absolute atomic E-state index is 0.286. The van der Waals surface area contributed by atoms with E-state index in [9.17, 15) is 14.4 Å². The van der Waals surface area contributed by atoms with Gasteiger partial charge >= 0.3 is 5.97 Å². The van der Waals surface area contributed by atoms with Crippen molar-refractivity contribution < 1.29 is 19.1 Å². The van der Waals surface area contributed by atoms with Crippen molar-refractivity contribution in [3.8, 4) is 5.75 Å². The molecule has 0 saturated carbocycles. The summed E-state index contributed by atoms with van der Waals surface area (Å²) >= 11 is 0. The molecule has 0 spiro atoms. The third-order valence-electron chi connectivity index (χ3n) is 5.04. The molecule has 4 rings (SSSR count). The first kappa shape index (κ1) is 17.2. The maximum absolute atomic E-state index is 12.3. The number of carbonyl (C=O) groups is 3. The van der Waals surface area contributed by atoms with Crippen molar-refractivity contribution in [3.63, 3.8) is 0 Å².